The van der Waals surface area contributed by atoms with Gasteiger partial charge in [-0.2, -0.15) is 0 Å². The third-order valence-electron chi connectivity index (χ3n) is 13.6. The summed E-state index contributed by atoms with van der Waals surface area (Å²) in [4.78, 5) is 13.8. The van der Waals surface area contributed by atoms with E-state index in [0.29, 0.717) is 0 Å². The van der Waals surface area contributed by atoms with E-state index in [4.69, 9.17) is 4.98 Å². The molecule has 0 fully saturated rings. The Kier molecular flexibility index (Phi) is 13.0. The molecule has 3 aromatic heterocycles. The minimum atomic E-state index is 0. The first-order valence-corrected chi connectivity index (χ1v) is 24.1. The van der Waals surface area contributed by atoms with Crippen LogP contribution in [0.25, 0.3) is 99.5 Å². The fraction of sp³-hybridized carbons (Fsp3) is 0.0597. The predicted octanol–water partition coefficient (Wildman–Crippen LogP) is 16.3. The third kappa shape index (κ3) is 9.49. The molecule has 0 spiro atoms. The number of pyridine rings is 3. The zero-order valence-corrected chi connectivity index (χ0v) is 41.3. The van der Waals surface area contributed by atoms with Gasteiger partial charge in [-0.15, -0.1) is 94.5 Å². The van der Waals surface area contributed by atoms with Gasteiger partial charge >= 0.3 is 20.1 Å². The van der Waals surface area contributed by atoms with Crippen molar-refractivity contribution >= 4 is 32.3 Å². The second-order valence-corrected chi connectivity index (χ2v) is 18.0. The Labute approximate surface area is 429 Å². The third-order valence-corrected chi connectivity index (χ3v) is 13.6. The van der Waals surface area contributed by atoms with E-state index < -0.39 is 0 Å². The summed E-state index contributed by atoms with van der Waals surface area (Å²) in [5.74, 6) is 0. The molecule has 338 valence electrons. The van der Waals surface area contributed by atoms with E-state index in [2.05, 4.69) is 192 Å². The minimum Gasteiger partial charge on any atom is -0.305 e. The second-order valence-electron chi connectivity index (χ2n) is 18.0. The number of hydrogen-bond acceptors (Lipinski definition) is 3. The van der Waals surface area contributed by atoms with Gasteiger partial charge in [-0.3, -0.25) is 0 Å². The molecule has 0 aliphatic carbocycles. The van der Waals surface area contributed by atoms with Gasteiger partial charge in [-0.1, -0.05) is 169 Å². The molecule has 0 aliphatic heterocycles. The van der Waals surface area contributed by atoms with Crippen LogP contribution in [-0.4, -0.2) is 15.0 Å². The van der Waals surface area contributed by atoms with Crippen molar-refractivity contribution in [1.29, 1.82) is 0 Å². The van der Waals surface area contributed by atoms with Gasteiger partial charge in [0.05, 0.1) is 0 Å². The first-order chi connectivity index (χ1) is 34.7. The molecule has 0 bridgehead atoms. The zero-order valence-electron chi connectivity index (χ0n) is 38.9. The molecule has 0 saturated carbocycles. The summed E-state index contributed by atoms with van der Waals surface area (Å²) in [6.07, 6.45) is 9.10. The van der Waals surface area contributed by atoms with E-state index in [0.717, 1.165) is 81.7 Å². The molecule has 0 atom stereocenters. The summed E-state index contributed by atoms with van der Waals surface area (Å²) in [5.41, 5.74) is 17.8. The van der Waals surface area contributed by atoms with Crippen LogP contribution in [0.1, 0.15) is 22.3 Å². The van der Waals surface area contributed by atoms with Crippen molar-refractivity contribution in [3.05, 3.63) is 271 Å². The Morgan fingerprint density at radius 1 is 0.282 bits per heavy atom. The van der Waals surface area contributed by atoms with Crippen LogP contribution in [0.15, 0.2) is 231 Å². The molecule has 0 unspecified atom stereocenters. The fourth-order valence-corrected chi connectivity index (χ4v) is 10.0. The maximum Gasteiger partial charge on any atom is 3.00 e. The quantitative estimate of drug-likeness (QED) is 0.0904. The van der Waals surface area contributed by atoms with E-state index in [9.17, 15) is 0 Å². The van der Waals surface area contributed by atoms with Crippen LogP contribution in [0, 0.1) is 18.2 Å². The fourth-order valence-electron chi connectivity index (χ4n) is 10.0. The Morgan fingerprint density at radius 3 is 1.24 bits per heavy atom. The van der Waals surface area contributed by atoms with E-state index in [1.807, 2.05) is 67.1 Å². The molecule has 71 heavy (non-hydrogen) atoms. The first-order valence-electron chi connectivity index (χ1n) is 24.1. The van der Waals surface area contributed by atoms with Crippen molar-refractivity contribution in [2.45, 2.75) is 25.7 Å². The maximum absolute atomic E-state index is 4.77. The molecule has 0 radical (unpaired) electrons. The van der Waals surface area contributed by atoms with Gasteiger partial charge in [0, 0.05) is 18.6 Å². The zero-order chi connectivity index (χ0) is 46.6. The molecular weight excluding hydrogens is 1040 g/mol. The minimum absolute atomic E-state index is 0. The van der Waals surface area contributed by atoms with Crippen LogP contribution in [0.3, 0.4) is 0 Å². The molecule has 0 saturated heterocycles. The maximum atomic E-state index is 4.77. The summed E-state index contributed by atoms with van der Waals surface area (Å²) in [6, 6.07) is 86.9. The van der Waals surface area contributed by atoms with Gasteiger partial charge in [-0.25, -0.2) is 0 Å². The number of fused-ring (bicyclic) bond motifs is 6. The average Bonchev–Trinajstić information content (AvgIpc) is 3.45. The molecule has 0 N–H and O–H groups in total. The van der Waals surface area contributed by atoms with Crippen molar-refractivity contribution in [1.82, 2.24) is 15.0 Å². The molecular formula is C67H46IrN3. The predicted molar refractivity (Wildman–Crippen MR) is 289 cm³/mol. The van der Waals surface area contributed by atoms with Crippen LogP contribution in [0.4, 0.5) is 0 Å². The van der Waals surface area contributed by atoms with Crippen LogP contribution in [0.2, 0.25) is 0 Å². The summed E-state index contributed by atoms with van der Waals surface area (Å²) in [6.45, 7) is 0. The molecule has 3 heterocycles. The van der Waals surface area contributed by atoms with Crippen LogP contribution < -0.4 is 0 Å². The molecule has 12 aromatic rings. The van der Waals surface area contributed by atoms with E-state index >= 15 is 0 Å². The molecule has 0 amide bonds. The molecule has 0 aliphatic rings. The van der Waals surface area contributed by atoms with Gasteiger partial charge in [0.25, 0.3) is 0 Å². The van der Waals surface area contributed by atoms with Gasteiger partial charge in [-0.05, 0) is 114 Å². The summed E-state index contributed by atoms with van der Waals surface area (Å²) in [5, 5.41) is 7.54. The van der Waals surface area contributed by atoms with Gasteiger partial charge < -0.3 is 15.0 Å². The van der Waals surface area contributed by atoms with Gasteiger partial charge in [0.1, 0.15) is 0 Å². The van der Waals surface area contributed by atoms with E-state index in [-0.39, 0.29) is 20.1 Å². The van der Waals surface area contributed by atoms with Crippen molar-refractivity contribution < 1.29 is 20.1 Å². The van der Waals surface area contributed by atoms with Crippen molar-refractivity contribution in [3.63, 3.8) is 0 Å². The van der Waals surface area contributed by atoms with Crippen molar-refractivity contribution in [3.8, 4) is 67.2 Å². The normalized spacial score (nSPS) is 11.2. The molecule has 9 aromatic carbocycles. The largest absolute Gasteiger partial charge is 3.00 e. The Bertz CT molecular complexity index is 3660. The summed E-state index contributed by atoms with van der Waals surface area (Å²) < 4.78 is 0. The SMILES string of the molecule is [Ir+3].[c-]1cc(CCc2cc(CCc3c[c-]c(-c4ccccn4)cc3)cc(-c3ccccc3-c3c[c-]c(-c4ccccn4)cc3-c3ccc4c5ccccc5c5ccccc5c4c3)c2)ccc1-c1ccccn1. The van der Waals surface area contributed by atoms with Gasteiger partial charge in [0.2, 0.25) is 0 Å². The Balaban J connectivity index is 0.00000547. The average molecular weight is 1090 g/mol. The topological polar surface area (TPSA) is 38.7 Å². The smallest absolute Gasteiger partial charge is 0.305 e. The van der Waals surface area contributed by atoms with Crippen molar-refractivity contribution in [2.75, 3.05) is 0 Å². The number of aryl methyl sites for hydroxylation is 4. The second kappa shape index (κ2) is 20.4. The number of hydrogen-bond donors (Lipinski definition) is 0. The first kappa shape index (κ1) is 45.3. The van der Waals surface area contributed by atoms with Crippen molar-refractivity contribution in [2.24, 2.45) is 0 Å². The number of rotatable bonds is 12. The number of nitrogens with zero attached hydrogens (tertiary/aromatic N) is 3. The summed E-state index contributed by atoms with van der Waals surface area (Å²) in [7, 11) is 0. The van der Waals surface area contributed by atoms with Crippen LogP contribution in [-0.2, 0) is 45.8 Å². The Hall–Kier alpha value is -8.14. The van der Waals surface area contributed by atoms with Gasteiger partial charge in [0.15, 0.2) is 0 Å². The molecule has 3 nitrogen and oxygen atoms in total. The molecule has 4 heteroatoms. The molecule has 12 rings (SSSR count). The van der Waals surface area contributed by atoms with E-state index in [1.54, 1.807) is 0 Å². The Morgan fingerprint density at radius 2 is 0.732 bits per heavy atom. The number of benzene rings is 9. The van der Waals surface area contributed by atoms with Crippen LogP contribution in [0.5, 0.6) is 0 Å². The van der Waals surface area contributed by atoms with Crippen LogP contribution >= 0.6 is 0 Å². The van der Waals surface area contributed by atoms with E-state index in [1.165, 1.54) is 65.7 Å². The monoisotopic (exact) mass is 1090 g/mol. The summed E-state index contributed by atoms with van der Waals surface area (Å²) >= 11 is 0. The number of aromatic nitrogens is 3. The standard InChI is InChI=1S/C67H46N3.Ir/c1-2-14-56(61-37-35-53(67-21-9-12-40-70-67)45-63(61)52-34-36-62-59-17-4-3-15-57(59)58-16-5-6-18-60(58)64(62)44-52)55(13-1)54-42-48(24-22-46-26-30-50(31-27-46)65-19-7-10-38-68-65)41-49(43-54)25-23-47-28-32-51(33-29-47)66-20-8-11-39-69-66;/h1-21,26-30,32,34,36-45H,22-25H2;/q-3;+3.